The fourth-order valence-corrected chi connectivity index (χ4v) is 4.67. The first-order valence-corrected chi connectivity index (χ1v) is 11.8. The lowest BCUT2D eigenvalue weighted by Crippen LogP contribution is -2.44. The van der Waals surface area contributed by atoms with Gasteiger partial charge in [0.05, 0.1) is 11.4 Å². The summed E-state index contributed by atoms with van der Waals surface area (Å²) >= 11 is 0. The van der Waals surface area contributed by atoms with Gasteiger partial charge in [-0.15, -0.1) is 0 Å². The van der Waals surface area contributed by atoms with E-state index in [0.29, 0.717) is 5.95 Å². The van der Waals surface area contributed by atoms with Crippen LogP contribution < -0.4 is 15.2 Å². The Morgan fingerprint density at radius 3 is 2.50 bits per heavy atom. The molecule has 2 aliphatic heterocycles. The van der Waals surface area contributed by atoms with Crippen LogP contribution in [-0.4, -0.2) is 59.3 Å². The summed E-state index contributed by atoms with van der Waals surface area (Å²) in [5.41, 5.74) is 4.21. The van der Waals surface area contributed by atoms with Gasteiger partial charge in [0.15, 0.2) is 5.82 Å². The van der Waals surface area contributed by atoms with Crippen LogP contribution in [0.25, 0.3) is 11.0 Å². The minimum absolute atomic E-state index is 0.116. The van der Waals surface area contributed by atoms with Crippen molar-refractivity contribution in [1.29, 1.82) is 0 Å². The van der Waals surface area contributed by atoms with E-state index in [9.17, 15) is 0 Å². The van der Waals surface area contributed by atoms with Crippen LogP contribution in [0, 0.1) is 0 Å². The number of anilines is 4. The summed E-state index contributed by atoms with van der Waals surface area (Å²) in [5.74, 6) is 1.34. The first-order chi connectivity index (χ1) is 16.7. The van der Waals surface area contributed by atoms with Crippen LogP contribution >= 0.6 is 0 Å². The Morgan fingerprint density at radius 1 is 0.912 bits per heavy atom. The second kappa shape index (κ2) is 8.79. The molecule has 4 heterocycles. The first-order valence-electron chi connectivity index (χ1n) is 11.8. The molecule has 1 unspecified atom stereocenters. The normalized spacial score (nSPS) is 18.7. The quantitative estimate of drug-likeness (QED) is 0.468. The molecule has 0 aliphatic carbocycles. The van der Waals surface area contributed by atoms with Gasteiger partial charge in [-0.05, 0) is 42.9 Å². The summed E-state index contributed by atoms with van der Waals surface area (Å²) in [7, 11) is 2.18. The molecule has 0 spiro atoms. The molecule has 8 nitrogen and oxygen atoms in total. The third kappa shape index (κ3) is 3.97. The predicted molar refractivity (Wildman–Crippen MR) is 138 cm³/mol. The predicted octanol–water partition coefficient (Wildman–Crippen LogP) is 4.39. The van der Waals surface area contributed by atoms with E-state index in [2.05, 4.69) is 80.8 Å². The number of nitrogens with zero attached hydrogens (tertiary/aromatic N) is 6. The van der Waals surface area contributed by atoms with E-state index in [1.54, 1.807) is 0 Å². The number of piperazine rings is 1. The Bertz CT molecular complexity index is 1290. The maximum Gasteiger partial charge on any atom is 0.231 e. The molecule has 0 amide bonds. The molecule has 2 aromatic heterocycles. The lowest BCUT2D eigenvalue weighted by molar-refractivity contribution is 0.313. The van der Waals surface area contributed by atoms with Crippen LogP contribution in [0.4, 0.5) is 23.1 Å². The molecule has 2 aliphatic rings. The van der Waals surface area contributed by atoms with Crippen LogP contribution in [-0.2, 0) is 0 Å². The van der Waals surface area contributed by atoms with Crippen molar-refractivity contribution in [3.63, 3.8) is 0 Å². The zero-order chi connectivity index (χ0) is 22.9. The number of aromatic amines is 1. The van der Waals surface area contributed by atoms with Crippen molar-refractivity contribution >= 4 is 40.4 Å². The van der Waals surface area contributed by atoms with Crippen molar-refractivity contribution in [3.8, 4) is 0 Å². The largest absolute Gasteiger partial charge is 0.369 e. The van der Waals surface area contributed by atoms with Gasteiger partial charge in [0.1, 0.15) is 5.65 Å². The van der Waals surface area contributed by atoms with Crippen LogP contribution in [0.15, 0.2) is 72.0 Å². The average Bonchev–Trinajstić information content (AvgIpc) is 3.55. The fraction of sp³-hybridized carbons (Fsp3) is 0.269. The lowest BCUT2D eigenvalue weighted by Gasteiger charge is -2.34. The number of H-pyrrole nitrogens is 1. The van der Waals surface area contributed by atoms with Gasteiger partial charge in [-0.3, -0.25) is 0 Å². The van der Waals surface area contributed by atoms with Gasteiger partial charge < -0.3 is 20.1 Å². The second-order valence-corrected chi connectivity index (χ2v) is 8.88. The summed E-state index contributed by atoms with van der Waals surface area (Å²) < 4.78 is 0. The Balaban J connectivity index is 1.27. The molecule has 4 aromatic rings. The number of hydrazone groups is 1. The number of nitrogens with one attached hydrogen (secondary N) is 2. The third-order valence-electron chi connectivity index (χ3n) is 6.62. The molecule has 2 N–H and O–H groups in total. The number of fused-ring (bicyclic) bond motifs is 1. The van der Waals surface area contributed by atoms with E-state index in [1.165, 1.54) is 11.3 Å². The van der Waals surface area contributed by atoms with E-state index in [1.807, 2.05) is 29.6 Å². The van der Waals surface area contributed by atoms with Crippen LogP contribution in [0.1, 0.15) is 18.0 Å². The summed E-state index contributed by atoms with van der Waals surface area (Å²) in [6.07, 6.45) is 4.70. The molecule has 172 valence electrons. The maximum absolute atomic E-state index is 4.90. The minimum atomic E-state index is 0.116. The molecular weight excluding hydrogens is 424 g/mol. The van der Waals surface area contributed by atoms with Gasteiger partial charge in [0, 0.05) is 56.4 Å². The number of likely N-dealkylation sites (N-methyl/N-ethyl adjacent to an activating group) is 1. The highest BCUT2D eigenvalue weighted by atomic mass is 15.5. The molecular formula is C26H28N8. The summed E-state index contributed by atoms with van der Waals surface area (Å²) in [5, 5.41) is 11.0. The zero-order valence-electron chi connectivity index (χ0n) is 19.2. The minimum Gasteiger partial charge on any atom is -0.369 e. The number of aromatic nitrogens is 3. The van der Waals surface area contributed by atoms with Crippen molar-refractivity contribution in [2.24, 2.45) is 5.10 Å². The summed E-state index contributed by atoms with van der Waals surface area (Å²) in [4.78, 5) is 17.6. The molecule has 1 saturated heterocycles. The molecule has 8 heteroatoms. The number of hydrogen-bond acceptors (Lipinski definition) is 7. The number of benzene rings is 2. The van der Waals surface area contributed by atoms with Crippen molar-refractivity contribution in [2.45, 2.75) is 12.5 Å². The molecule has 0 bridgehead atoms. The van der Waals surface area contributed by atoms with Crippen LogP contribution in [0.3, 0.4) is 0 Å². The average molecular weight is 453 g/mol. The summed E-state index contributed by atoms with van der Waals surface area (Å²) in [6.45, 7) is 4.29. The van der Waals surface area contributed by atoms with Crippen molar-refractivity contribution in [3.05, 3.63) is 72.4 Å². The molecule has 1 atom stereocenters. The van der Waals surface area contributed by atoms with Gasteiger partial charge in [0.2, 0.25) is 5.95 Å². The van der Waals surface area contributed by atoms with Crippen LogP contribution in [0.2, 0.25) is 0 Å². The van der Waals surface area contributed by atoms with Crippen LogP contribution in [0.5, 0.6) is 0 Å². The van der Waals surface area contributed by atoms with Crippen molar-refractivity contribution in [2.75, 3.05) is 48.5 Å². The smallest absolute Gasteiger partial charge is 0.231 e. The topological polar surface area (TPSA) is 75.7 Å². The molecule has 34 heavy (non-hydrogen) atoms. The Labute approximate surface area is 198 Å². The highest BCUT2D eigenvalue weighted by Gasteiger charge is 2.27. The molecule has 2 aromatic carbocycles. The first kappa shape index (κ1) is 20.7. The van der Waals surface area contributed by atoms with Crippen molar-refractivity contribution in [1.82, 2.24) is 19.9 Å². The number of hydrogen-bond donors (Lipinski definition) is 2. The zero-order valence-corrected chi connectivity index (χ0v) is 19.2. The molecule has 0 saturated carbocycles. The van der Waals surface area contributed by atoms with E-state index >= 15 is 0 Å². The van der Waals surface area contributed by atoms with Crippen molar-refractivity contribution < 1.29 is 0 Å². The van der Waals surface area contributed by atoms with Gasteiger partial charge >= 0.3 is 0 Å². The van der Waals surface area contributed by atoms with E-state index in [0.717, 1.165) is 55.1 Å². The van der Waals surface area contributed by atoms with E-state index in [4.69, 9.17) is 9.97 Å². The second-order valence-electron chi connectivity index (χ2n) is 8.88. The van der Waals surface area contributed by atoms with Gasteiger partial charge in [-0.1, -0.05) is 30.3 Å². The van der Waals surface area contributed by atoms with Gasteiger partial charge in [-0.2, -0.15) is 15.1 Å². The Kier molecular flexibility index (Phi) is 5.35. The Morgan fingerprint density at radius 2 is 1.71 bits per heavy atom. The molecule has 6 rings (SSSR count). The molecule has 1 fully saturated rings. The standard InChI is InChI=1S/C26H28N8/c1-32-15-17-33(18-16-32)21-9-7-20(8-10-21)29-26-30-24-22(11-13-27-24)25(31-26)34-23(12-14-28-34)19-5-3-2-4-6-19/h2-11,13-14,23H,12,15-18H2,1H3,(H2,27,29,30,31). The molecule has 0 radical (unpaired) electrons. The van der Waals surface area contributed by atoms with Gasteiger partial charge in [-0.25, -0.2) is 5.01 Å². The highest BCUT2D eigenvalue weighted by Crippen LogP contribution is 2.36. The van der Waals surface area contributed by atoms with E-state index < -0.39 is 0 Å². The SMILES string of the molecule is CN1CCN(c2ccc(Nc3nc(N4N=CCC4c4ccccc4)c4cc[nH]c4n3)cc2)CC1. The Hall–Kier alpha value is -3.91. The third-order valence-corrected chi connectivity index (χ3v) is 6.62. The maximum atomic E-state index is 4.90. The fourth-order valence-electron chi connectivity index (χ4n) is 4.67. The highest BCUT2D eigenvalue weighted by molar-refractivity contribution is 5.90. The van der Waals surface area contributed by atoms with Gasteiger partial charge in [0.25, 0.3) is 0 Å². The number of rotatable bonds is 5. The lowest BCUT2D eigenvalue weighted by atomic mass is 10.0. The monoisotopic (exact) mass is 452 g/mol. The van der Waals surface area contributed by atoms with E-state index in [-0.39, 0.29) is 6.04 Å². The summed E-state index contributed by atoms with van der Waals surface area (Å²) in [6, 6.07) is 21.1.